The SMILES string of the molecule is Cc1noc(C(C)NC(=O)c2sc(-c3ccco3)nc2-c2ccccc2)n1. The molecular formula is C19H16N4O3S. The molecule has 0 aliphatic rings. The Kier molecular flexibility index (Phi) is 4.55. The molecule has 0 aliphatic heterocycles. The van der Waals surface area contributed by atoms with E-state index < -0.39 is 6.04 Å². The number of nitrogens with zero attached hydrogens (tertiary/aromatic N) is 3. The lowest BCUT2D eigenvalue weighted by Gasteiger charge is -2.09. The van der Waals surface area contributed by atoms with Crippen molar-refractivity contribution in [1.29, 1.82) is 0 Å². The van der Waals surface area contributed by atoms with Gasteiger partial charge in [-0.15, -0.1) is 11.3 Å². The number of hydrogen-bond donors (Lipinski definition) is 1. The molecule has 3 aromatic heterocycles. The van der Waals surface area contributed by atoms with E-state index in [2.05, 4.69) is 20.4 Å². The molecule has 0 saturated heterocycles. The zero-order chi connectivity index (χ0) is 18.8. The van der Waals surface area contributed by atoms with Crippen LogP contribution in [-0.2, 0) is 0 Å². The van der Waals surface area contributed by atoms with E-state index in [0.29, 0.717) is 33.1 Å². The molecule has 1 atom stereocenters. The average molecular weight is 380 g/mol. The van der Waals surface area contributed by atoms with Crippen molar-refractivity contribution in [2.45, 2.75) is 19.9 Å². The van der Waals surface area contributed by atoms with E-state index in [0.717, 1.165) is 5.56 Å². The largest absolute Gasteiger partial charge is 0.462 e. The van der Waals surface area contributed by atoms with Gasteiger partial charge < -0.3 is 14.3 Å². The molecule has 0 spiro atoms. The zero-order valence-electron chi connectivity index (χ0n) is 14.7. The standard InChI is InChI=1S/C19H16N4O3S/c1-11(18-21-12(2)23-26-18)20-17(24)16-15(13-7-4-3-5-8-13)22-19(27-16)14-9-6-10-25-14/h3-11H,1-2H3,(H,20,24). The third-order valence-corrected chi connectivity index (χ3v) is 4.94. The lowest BCUT2D eigenvalue weighted by Crippen LogP contribution is -2.26. The van der Waals surface area contributed by atoms with Gasteiger partial charge in [-0.2, -0.15) is 4.98 Å². The molecule has 4 rings (SSSR count). The van der Waals surface area contributed by atoms with E-state index >= 15 is 0 Å². The number of furan rings is 1. The van der Waals surface area contributed by atoms with Gasteiger partial charge in [0.15, 0.2) is 16.6 Å². The van der Waals surface area contributed by atoms with E-state index in [1.54, 1.807) is 26.2 Å². The maximum absolute atomic E-state index is 13.0. The number of rotatable bonds is 5. The average Bonchev–Trinajstić information content (AvgIpc) is 3.42. The molecule has 0 saturated carbocycles. The first kappa shape index (κ1) is 17.2. The Hall–Kier alpha value is -3.26. The number of carbonyl (C=O) groups excluding carboxylic acids is 1. The fourth-order valence-electron chi connectivity index (χ4n) is 2.58. The van der Waals surface area contributed by atoms with Crippen LogP contribution in [0.4, 0.5) is 0 Å². The number of carbonyl (C=O) groups is 1. The second-order valence-electron chi connectivity index (χ2n) is 5.92. The zero-order valence-corrected chi connectivity index (χ0v) is 15.5. The van der Waals surface area contributed by atoms with Crippen LogP contribution < -0.4 is 5.32 Å². The molecule has 4 aromatic rings. The molecule has 0 bridgehead atoms. The van der Waals surface area contributed by atoms with Crippen molar-refractivity contribution in [2.24, 2.45) is 0 Å². The summed E-state index contributed by atoms with van der Waals surface area (Å²) >= 11 is 1.28. The fraction of sp³-hybridized carbons (Fsp3) is 0.158. The van der Waals surface area contributed by atoms with Crippen LogP contribution in [0.3, 0.4) is 0 Å². The van der Waals surface area contributed by atoms with Crippen molar-refractivity contribution in [3.8, 4) is 22.0 Å². The second kappa shape index (κ2) is 7.16. The summed E-state index contributed by atoms with van der Waals surface area (Å²) in [5, 5.41) is 7.30. The maximum Gasteiger partial charge on any atom is 0.264 e. The van der Waals surface area contributed by atoms with E-state index in [1.807, 2.05) is 36.4 Å². The summed E-state index contributed by atoms with van der Waals surface area (Å²) in [6.07, 6.45) is 1.58. The van der Waals surface area contributed by atoms with Crippen LogP contribution in [0, 0.1) is 6.92 Å². The van der Waals surface area contributed by atoms with Crippen molar-refractivity contribution < 1.29 is 13.7 Å². The Bertz CT molecular complexity index is 1050. The summed E-state index contributed by atoms with van der Waals surface area (Å²) < 4.78 is 10.6. The first-order valence-electron chi connectivity index (χ1n) is 8.33. The third kappa shape index (κ3) is 3.52. The molecule has 0 radical (unpaired) electrons. The number of thiazole rings is 1. The van der Waals surface area contributed by atoms with Crippen LogP contribution in [0.5, 0.6) is 0 Å². The van der Waals surface area contributed by atoms with Crippen LogP contribution in [0.15, 0.2) is 57.7 Å². The molecule has 1 amide bonds. The Morgan fingerprint density at radius 3 is 2.63 bits per heavy atom. The highest BCUT2D eigenvalue weighted by molar-refractivity contribution is 7.17. The molecule has 27 heavy (non-hydrogen) atoms. The van der Waals surface area contributed by atoms with Crippen molar-refractivity contribution in [3.05, 3.63) is 65.3 Å². The highest BCUT2D eigenvalue weighted by atomic mass is 32.1. The van der Waals surface area contributed by atoms with E-state index in [-0.39, 0.29) is 5.91 Å². The van der Waals surface area contributed by atoms with E-state index in [1.165, 1.54) is 11.3 Å². The third-order valence-electron chi connectivity index (χ3n) is 3.87. The summed E-state index contributed by atoms with van der Waals surface area (Å²) in [6.45, 7) is 3.52. The molecule has 1 unspecified atom stereocenters. The van der Waals surface area contributed by atoms with Gasteiger partial charge in [-0.25, -0.2) is 4.98 Å². The molecule has 1 aromatic carbocycles. The second-order valence-corrected chi connectivity index (χ2v) is 6.91. The Morgan fingerprint density at radius 2 is 1.96 bits per heavy atom. The molecule has 1 N–H and O–H groups in total. The highest BCUT2D eigenvalue weighted by Crippen LogP contribution is 2.34. The predicted molar refractivity (Wildman–Crippen MR) is 100 cm³/mol. The number of aryl methyl sites for hydroxylation is 1. The first-order chi connectivity index (χ1) is 13.1. The molecule has 0 fully saturated rings. The molecule has 3 heterocycles. The lowest BCUT2D eigenvalue weighted by atomic mass is 10.1. The van der Waals surface area contributed by atoms with Crippen molar-refractivity contribution in [3.63, 3.8) is 0 Å². The summed E-state index contributed by atoms with van der Waals surface area (Å²) in [5.41, 5.74) is 1.47. The first-order valence-corrected chi connectivity index (χ1v) is 9.14. The van der Waals surface area contributed by atoms with Gasteiger partial charge in [-0.3, -0.25) is 4.79 Å². The van der Waals surface area contributed by atoms with Gasteiger partial charge in [0, 0.05) is 5.56 Å². The normalized spacial score (nSPS) is 12.1. The van der Waals surface area contributed by atoms with Crippen molar-refractivity contribution in [1.82, 2.24) is 20.4 Å². The predicted octanol–water partition coefficient (Wildman–Crippen LogP) is 4.25. The van der Waals surface area contributed by atoms with Gasteiger partial charge in [0.25, 0.3) is 5.91 Å². The van der Waals surface area contributed by atoms with Crippen LogP contribution in [0.1, 0.15) is 34.4 Å². The molecule has 136 valence electrons. The Morgan fingerprint density at radius 1 is 1.15 bits per heavy atom. The summed E-state index contributed by atoms with van der Waals surface area (Å²) in [7, 11) is 0. The van der Waals surface area contributed by atoms with Crippen molar-refractivity contribution >= 4 is 17.2 Å². The minimum Gasteiger partial charge on any atom is -0.462 e. The lowest BCUT2D eigenvalue weighted by molar-refractivity contribution is 0.0937. The smallest absolute Gasteiger partial charge is 0.264 e. The number of aromatic nitrogens is 3. The van der Waals surface area contributed by atoms with Gasteiger partial charge in [0.2, 0.25) is 5.89 Å². The maximum atomic E-state index is 13.0. The molecule has 8 heteroatoms. The van der Waals surface area contributed by atoms with Crippen LogP contribution in [-0.4, -0.2) is 21.0 Å². The van der Waals surface area contributed by atoms with Gasteiger partial charge in [0.05, 0.1) is 12.0 Å². The summed E-state index contributed by atoms with van der Waals surface area (Å²) in [5.74, 6) is 1.25. The van der Waals surface area contributed by atoms with Gasteiger partial charge in [-0.05, 0) is 26.0 Å². The monoisotopic (exact) mass is 380 g/mol. The van der Waals surface area contributed by atoms with Crippen LogP contribution in [0.2, 0.25) is 0 Å². The minimum absolute atomic E-state index is 0.257. The van der Waals surface area contributed by atoms with Crippen LogP contribution in [0.25, 0.3) is 22.0 Å². The quantitative estimate of drug-likeness (QED) is 0.556. The number of benzene rings is 1. The minimum atomic E-state index is -0.420. The molecule has 0 aliphatic carbocycles. The summed E-state index contributed by atoms with van der Waals surface area (Å²) in [4.78, 5) is 22.3. The van der Waals surface area contributed by atoms with E-state index in [4.69, 9.17) is 8.94 Å². The van der Waals surface area contributed by atoms with Gasteiger partial charge >= 0.3 is 0 Å². The Labute approximate surface area is 159 Å². The Balaban J connectivity index is 1.69. The van der Waals surface area contributed by atoms with Crippen LogP contribution >= 0.6 is 11.3 Å². The molecular weight excluding hydrogens is 364 g/mol. The number of amides is 1. The number of hydrogen-bond acceptors (Lipinski definition) is 7. The van der Waals surface area contributed by atoms with Crippen molar-refractivity contribution in [2.75, 3.05) is 0 Å². The highest BCUT2D eigenvalue weighted by Gasteiger charge is 2.24. The summed E-state index contributed by atoms with van der Waals surface area (Å²) in [6, 6.07) is 12.8. The molecule has 7 nitrogen and oxygen atoms in total. The van der Waals surface area contributed by atoms with Gasteiger partial charge in [-0.1, -0.05) is 35.5 Å². The van der Waals surface area contributed by atoms with E-state index in [9.17, 15) is 4.79 Å². The van der Waals surface area contributed by atoms with Gasteiger partial charge in [0.1, 0.15) is 10.9 Å². The topological polar surface area (TPSA) is 94.1 Å². The fourth-order valence-corrected chi connectivity index (χ4v) is 3.54. The number of nitrogens with one attached hydrogen (secondary N) is 1.